The fourth-order valence-electron chi connectivity index (χ4n) is 1.81. The van der Waals surface area contributed by atoms with E-state index in [1.54, 1.807) is 24.3 Å². The molecule has 0 bridgehead atoms. The minimum Gasteiger partial charge on any atom is -0.396 e. The van der Waals surface area contributed by atoms with Crippen molar-refractivity contribution in [3.05, 3.63) is 35.4 Å². The van der Waals surface area contributed by atoms with Crippen LogP contribution in [0, 0.1) is 5.41 Å². The topological polar surface area (TPSA) is 66.4 Å². The molecule has 0 heterocycles. The van der Waals surface area contributed by atoms with Crippen LogP contribution in [0.1, 0.15) is 47.9 Å². The lowest BCUT2D eigenvalue weighted by atomic mass is 9.84. The SMILES string of the molecule is CC(C)(C)C(CCO)NC(=O)c1ccc(C=O)cc1. The first-order valence-corrected chi connectivity index (χ1v) is 6.35. The van der Waals surface area contributed by atoms with Gasteiger partial charge < -0.3 is 10.4 Å². The van der Waals surface area contributed by atoms with Gasteiger partial charge in [-0.2, -0.15) is 0 Å². The fourth-order valence-corrected chi connectivity index (χ4v) is 1.81. The van der Waals surface area contributed by atoms with Crippen LogP contribution < -0.4 is 5.32 Å². The van der Waals surface area contributed by atoms with Crippen molar-refractivity contribution in [1.82, 2.24) is 5.32 Å². The number of hydrogen-bond donors (Lipinski definition) is 2. The molecule has 1 aromatic carbocycles. The fraction of sp³-hybridized carbons (Fsp3) is 0.467. The average Bonchev–Trinajstić information content (AvgIpc) is 2.37. The van der Waals surface area contributed by atoms with E-state index in [2.05, 4.69) is 5.32 Å². The Morgan fingerprint density at radius 3 is 2.32 bits per heavy atom. The number of rotatable bonds is 5. The summed E-state index contributed by atoms with van der Waals surface area (Å²) in [5, 5.41) is 12.0. The lowest BCUT2D eigenvalue weighted by Crippen LogP contribution is -2.44. The monoisotopic (exact) mass is 263 g/mol. The van der Waals surface area contributed by atoms with Crippen molar-refractivity contribution in [2.24, 2.45) is 5.41 Å². The maximum Gasteiger partial charge on any atom is 0.251 e. The van der Waals surface area contributed by atoms with Gasteiger partial charge in [0, 0.05) is 23.8 Å². The predicted molar refractivity (Wildman–Crippen MR) is 74.2 cm³/mol. The van der Waals surface area contributed by atoms with Crippen molar-refractivity contribution in [1.29, 1.82) is 0 Å². The van der Waals surface area contributed by atoms with Gasteiger partial charge in [-0.25, -0.2) is 0 Å². The molecule has 0 aliphatic heterocycles. The van der Waals surface area contributed by atoms with Gasteiger partial charge in [0.1, 0.15) is 6.29 Å². The molecular weight excluding hydrogens is 242 g/mol. The molecule has 4 nitrogen and oxygen atoms in total. The number of benzene rings is 1. The Morgan fingerprint density at radius 2 is 1.89 bits per heavy atom. The number of aldehydes is 1. The zero-order valence-electron chi connectivity index (χ0n) is 11.6. The van der Waals surface area contributed by atoms with Crippen molar-refractivity contribution in [2.75, 3.05) is 6.61 Å². The summed E-state index contributed by atoms with van der Waals surface area (Å²) in [7, 11) is 0. The summed E-state index contributed by atoms with van der Waals surface area (Å²) in [5.41, 5.74) is 0.929. The van der Waals surface area contributed by atoms with Gasteiger partial charge in [0.25, 0.3) is 5.91 Å². The summed E-state index contributed by atoms with van der Waals surface area (Å²) < 4.78 is 0. The van der Waals surface area contributed by atoms with Crippen molar-refractivity contribution in [2.45, 2.75) is 33.2 Å². The quantitative estimate of drug-likeness (QED) is 0.799. The Kier molecular flexibility index (Phi) is 5.24. The number of aliphatic hydroxyl groups excluding tert-OH is 1. The lowest BCUT2D eigenvalue weighted by Gasteiger charge is -2.31. The van der Waals surface area contributed by atoms with E-state index >= 15 is 0 Å². The number of carbonyl (C=O) groups excluding carboxylic acids is 2. The molecular formula is C15H21NO3. The van der Waals surface area contributed by atoms with Gasteiger partial charge in [-0.15, -0.1) is 0 Å². The highest BCUT2D eigenvalue weighted by Crippen LogP contribution is 2.22. The number of hydrogen-bond acceptors (Lipinski definition) is 3. The molecule has 0 fully saturated rings. The van der Waals surface area contributed by atoms with Crippen LogP contribution in [0.5, 0.6) is 0 Å². The van der Waals surface area contributed by atoms with Crippen molar-refractivity contribution >= 4 is 12.2 Å². The van der Waals surface area contributed by atoms with Crippen LogP contribution in [0.2, 0.25) is 0 Å². The standard InChI is InChI=1S/C15H21NO3/c1-15(2,3)13(8-9-17)16-14(19)12-6-4-11(10-18)5-7-12/h4-7,10,13,17H,8-9H2,1-3H3,(H,16,19). The Morgan fingerprint density at radius 1 is 1.32 bits per heavy atom. The van der Waals surface area contributed by atoms with Gasteiger partial charge in [0.2, 0.25) is 0 Å². The molecule has 0 spiro atoms. The molecule has 19 heavy (non-hydrogen) atoms. The molecule has 1 rings (SSSR count). The lowest BCUT2D eigenvalue weighted by molar-refractivity contribution is 0.0884. The average molecular weight is 263 g/mol. The van der Waals surface area contributed by atoms with E-state index in [9.17, 15) is 9.59 Å². The zero-order valence-corrected chi connectivity index (χ0v) is 11.6. The number of aliphatic hydroxyl groups is 1. The highest BCUT2D eigenvalue weighted by Gasteiger charge is 2.25. The van der Waals surface area contributed by atoms with Crippen LogP contribution in [0.25, 0.3) is 0 Å². The number of nitrogens with one attached hydrogen (secondary N) is 1. The molecule has 1 amide bonds. The molecule has 0 aliphatic rings. The Bertz CT molecular complexity index is 432. The van der Waals surface area contributed by atoms with E-state index in [4.69, 9.17) is 5.11 Å². The van der Waals surface area contributed by atoms with E-state index in [0.717, 1.165) is 6.29 Å². The van der Waals surface area contributed by atoms with Crippen LogP contribution in [0.15, 0.2) is 24.3 Å². The van der Waals surface area contributed by atoms with Crippen LogP contribution in [0.4, 0.5) is 0 Å². The zero-order chi connectivity index (χ0) is 14.5. The van der Waals surface area contributed by atoms with Crippen LogP contribution in [-0.4, -0.2) is 29.9 Å². The molecule has 0 aromatic heterocycles. The summed E-state index contributed by atoms with van der Waals surface area (Å²) in [4.78, 5) is 22.6. The highest BCUT2D eigenvalue weighted by molar-refractivity contribution is 5.95. The molecule has 1 unspecified atom stereocenters. The first-order valence-electron chi connectivity index (χ1n) is 6.35. The van der Waals surface area contributed by atoms with Crippen molar-refractivity contribution < 1.29 is 14.7 Å². The van der Waals surface area contributed by atoms with Gasteiger partial charge in [-0.05, 0) is 24.0 Å². The van der Waals surface area contributed by atoms with Crippen molar-refractivity contribution in [3.63, 3.8) is 0 Å². The van der Waals surface area contributed by atoms with E-state index in [0.29, 0.717) is 17.5 Å². The molecule has 1 atom stereocenters. The largest absolute Gasteiger partial charge is 0.396 e. The first kappa shape index (κ1) is 15.4. The Balaban J connectivity index is 2.78. The predicted octanol–water partition coefficient (Wildman–Crippen LogP) is 2.03. The van der Waals surface area contributed by atoms with Gasteiger partial charge in [0.15, 0.2) is 0 Å². The molecule has 0 saturated heterocycles. The summed E-state index contributed by atoms with van der Waals surface area (Å²) >= 11 is 0. The van der Waals surface area contributed by atoms with Gasteiger partial charge in [-0.1, -0.05) is 32.9 Å². The van der Waals surface area contributed by atoms with Crippen LogP contribution in [-0.2, 0) is 0 Å². The van der Waals surface area contributed by atoms with Crippen LogP contribution in [0.3, 0.4) is 0 Å². The first-order chi connectivity index (χ1) is 8.88. The third-order valence-corrected chi connectivity index (χ3v) is 3.08. The third-order valence-electron chi connectivity index (χ3n) is 3.08. The molecule has 4 heteroatoms. The Labute approximate surface area is 113 Å². The number of carbonyl (C=O) groups is 2. The molecule has 1 aromatic rings. The minimum atomic E-state index is -0.189. The third kappa shape index (κ3) is 4.48. The molecule has 0 aliphatic carbocycles. The van der Waals surface area contributed by atoms with Gasteiger partial charge in [0.05, 0.1) is 0 Å². The second-order valence-electron chi connectivity index (χ2n) is 5.64. The summed E-state index contributed by atoms with van der Waals surface area (Å²) in [6, 6.07) is 6.37. The van der Waals surface area contributed by atoms with Crippen molar-refractivity contribution in [3.8, 4) is 0 Å². The Hall–Kier alpha value is -1.68. The number of amides is 1. The normalized spacial score (nSPS) is 12.8. The summed E-state index contributed by atoms with van der Waals surface area (Å²) in [6.07, 6.45) is 1.26. The van der Waals surface area contributed by atoms with Crippen LogP contribution >= 0.6 is 0 Å². The van der Waals surface area contributed by atoms with Gasteiger partial charge >= 0.3 is 0 Å². The smallest absolute Gasteiger partial charge is 0.251 e. The van der Waals surface area contributed by atoms with E-state index in [-0.39, 0.29) is 24.0 Å². The van der Waals surface area contributed by atoms with Gasteiger partial charge in [-0.3, -0.25) is 9.59 Å². The summed E-state index contributed by atoms with van der Waals surface area (Å²) in [6.45, 7) is 6.08. The summed E-state index contributed by atoms with van der Waals surface area (Å²) in [5.74, 6) is -0.189. The van der Waals surface area contributed by atoms with E-state index in [1.165, 1.54) is 0 Å². The molecule has 2 N–H and O–H groups in total. The molecule has 104 valence electrons. The molecule has 0 radical (unpaired) electrons. The second kappa shape index (κ2) is 6.48. The highest BCUT2D eigenvalue weighted by atomic mass is 16.3. The van der Waals surface area contributed by atoms with E-state index < -0.39 is 0 Å². The van der Waals surface area contributed by atoms with E-state index in [1.807, 2.05) is 20.8 Å². The minimum absolute atomic E-state index is 0.0340. The maximum absolute atomic E-state index is 12.1. The maximum atomic E-state index is 12.1. The molecule has 0 saturated carbocycles. The second-order valence-corrected chi connectivity index (χ2v) is 5.64.